The van der Waals surface area contributed by atoms with Crippen molar-refractivity contribution in [1.29, 1.82) is 0 Å². The van der Waals surface area contributed by atoms with Gasteiger partial charge in [-0.3, -0.25) is 4.79 Å². The Balaban J connectivity index is 2.35. The number of carbonyl (C=O) groups excluding carboxylic acids is 1. The molecule has 0 aromatic carbocycles. The normalized spacial score (nSPS) is 24.2. The van der Waals surface area contributed by atoms with Gasteiger partial charge < -0.3 is 4.74 Å². The highest BCUT2D eigenvalue weighted by Crippen LogP contribution is 2.19. The van der Waals surface area contributed by atoms with Crippen LogP contribution >= 0.6 is 0 Å². The third-order valence-electron chi connectivity index (χ3n) is 1.92. The van der Waals surface area contributed by atoms with Gasteiger partial charge in [0.1, 0.15) is 6.10 Å². The molecule has 1 rings (SSSR count). The van der Waals surface area contributed by atoms with Crippen LogP contribution in [0.1, 0.15) is 33.1 Å². The lowest BCUT2D eigenvalue weighted by Gasteiger charge is -2.19. The Morgan fingerprint density at radius 2 is 2.45 bits per heavy atom. The summed E-state index contributed by atoms with van der Waals surface area (Å²) in [7, 11) is 0. The summed E-state index contributed by atoms with van der Waals surface area (Å²) < 4.78 is 5.06. The van der Waals surface area contributed by atoms with Crippen molar-refractivity contribution in [3.63, 3.8) is 0 Å². The monoisotopic (exact) mass is 154 g/mol. The fraction of sp³-hybridized carbons (Fsp3) is 0.667. The zero-order valence-corrected chi connectivity index (χ0v) is 7.09. The van der Waals surface area contributed by atoms with Gasteiger partial charge in [0.05, 0.1) is 0 Å². The fourth-order valence-electron chi connectivity index (χ4n) is 1.28. The molecule has 0 amide bonds. The Kier molecular flexibility index (Phi) is 2.69. The second kappa shape index (κ2) is 3.56. The molecule has 0 aromatic rings. The standard InChI is InChI=1S/C9H14O2/c1-7-3-5-9(6-4-7)11-8(2)10/h3,9H,4-6H2,1-2H3/t9-/m0/s1. The van der Waals surface area contributed by atoms with Crippen LogP contribution in [0, 0.1) is 0 Å². The third-order valence-corrected chi connectivity index (χ3v) is 1.92. The summed E-state index contributed by atoms with van der Waals surface area (Å²) >= 11 is 0. The number of allylic oxidation sites excluding steroid dienone is 1. The lowest BCUT2D eigenvalue weighted by atomic mass is 9.98. The molecule has 1 aliphatic rings. The van der Waals surface area contributed by atoms with Crippen LogP contribution in [-0.4, -0.2) is 12.1 Å². The van der Waals surface area contributed by atoms with Crippen molar-refractivity contribution in [3.8, 4) is 0 Å². The van der Waals surface area contributed by atoms with Crippen molar-refractivity contribution in [1.82, 2.24) is 0 Å². The van der Waals surface area contributed by atoms with Crippen LogP contribution in [0.15, 0.2) is 11.6 Å². The summed E-state index contributed by atoms with van der Waals surface area (Å²) in [5, 5.41) is 0. The molecular weight excluding hydrogens is 140 g/mol. The van der Waals surface area contributed by atoms with Crippen molar-refractivity contribution in [2.75, 3.05) is 0 Å². The maximum atomic E-state index is 10.6. The summed E-state index contributed by atoms with van der Waals surface area (Å²) in [6.45, 7) is 3.58. The Bertz CT molecular complexity index is 182. The SMILES string of the molecule is CC(=O)O[C@H]1CC=C(C)CC1. The van der Waals surface area contributed by atoms with E-state index < -0.39 is 0 Å². The number of carbonyl (C=O) groups is 1. The van der Waals surface area contributed by atoms with E-state index in [0.717, 1.165) is 19.3 Å². The molecule has 11 heavy (non-hydrogen) atoms. The molecule has 0 aromatic heterocycles. The second-order valence-electron chi connectivity index (χ2n) is 3.06. The van der Waals surface area contributed by atoms with Crippen molar-refractivity contribution in [2.24, 2.45) is 0 Å². The summed E-state index contributed by atoms with van der Waals surface area (Å²) in [5.74, 6) is -0.164. The Labute approximate surface area is 67.2 Å². The van der Waals surface area contributed by atoms with Gasteiger partial charge in [0.2, 0.25) is 0 Å². The van der Waals surface area contributed by atoms with Crippen LogP contribution < -0.4 is 0 Å². The van der Waals surface area contributed by atoms with Gasteiger partial charge in [-0.1, -0.05) is 11.6 Å². The van der Waals surface area contributed by atoms with Crippen molar-refractivity contribution < 1.29 is 9.53 Å². The summed E-state index contributed by atoms with van der Waals surface area (Å²) in [4.78, 5) is 10.6. The first kappa shape index (κ1) is 8.31. The van der Waals surface area contributed by atoms with Gasteiger partial charge in [-0.15, -0.1) is 0 Å². The first-order chi connectivity index (χ1) is 5.18. The summed E-state index contributed by atoms with van der Waals surface area (Å²) in [6, 6.07) is 0. The number of hydrogen-bond acceptors (Lipinski definition) is 2. The molecule has 0 unspecified atom stereocenters. The molecule has 1 aliphatic carbocycles. The predicted octanol–water partition coefficient (Wildman–Crippen LogP) is 2.05. The molecule has 62 valence electrons. The molecular formula is C9H14O2. The van der Waals surface area contributed by atoms with E-state index in [4.69, 9.17) is 4.74 Å². The largest absolute Gasteiger partial charge is 0.462 e. The van der Waals surface area contributed by atoms with Gasteiger partial charge in [0, 0.05) is 13.3 Å². The van der Waals surface area contributed by atoms with E-state index >= 15 is 0 Å². The highest BCUT2D eigenvalue weighted by molar-refractivity contribution is 5.66. The van der Waals surface area contributed by atoms with Gasteiger partial charge in [-0.2, -0.15) is 0 Å². The third kappa shape index (κ3) is 2.74. The average molecular weight is 154 g/mol. The van der Waals surface area contributed by atoms with Crippen LogP contribution in [0.5, 0.6) is 0 Å². The van der Waals surface area contributed by atoms with E-state index in [0.29, 0.717) is 0 Å². The number of hydrogen-bond donors (Lipinski definition) is 0. The molecule has 2 heteroatoms. The lowest BCUT2D eigenvalue weighted by Crippen LogP contribution is -2.17. The minimum atomic E-state index is -0.164. The highest BCUT2D eigenvalue weighted by Gasteiger charge is 2.14. The average Bonchev–Trinajstić information content (AvgIpc) is 1.93. The summed E-state index contributed by atoms with van der Waals surface area (Å²) in [5.41, 5.74) is 1.41. The van der Waals surface area contributed by atoms with Crippen molar-refractivity contribution in [3.05, 3.63) is 11.6 Å². The van der Waals surface area contributed by atoms with E-state index in [1.54, 1.807) is 0 Å². The van der Waals surface area contributed by atoms with E-state index in [1.165, 1.54) is 12.5 Å². The minimum absolute atomic E-state index is 0.135. The molecule has 0 saturated heterocycles. The molecule has 0 radical (unpaired) electrons. The van der Waals surface area contributed by atoms with Crippen molar-refractivity contribution >= 4 is 5.97 Å². The Morgan fingerprint density at radius 3 is 2.91 bits per heavy atom. The molecule has 0 bridgehead atoms. The van der Waals surface area contributed by atoms with Crippen LogP contribution in [0.25, 0.3) is 0 Å². The zero-order chi connectivity index (χ0) is 8.27. The molecule has 0 heterocycles. The van der Waals surface area contributed by atoms with E-state index in [2.05, 4.69) is 13.0 Å². The van der Waals surface area contributed by atoms with Gasteiger partial charge in [-0.25, -0.2) is 0 Å². The van der Waals surface area contributed by atoms with Crippen LogP contribution in [0.4, 0.5) is 0 Å². The molecule has 0 spiro atoms. The van der Waals surface area contributed by atoms with E-state index in [-0.39, 0.29) is 12.1 Å². The fourth-order valence-corrected chi connectivity index (χ4v) is 1.28. The van der Waals surface area contributed by atoms with Gasteiger partial charge in [-0.05, 0) is 19.8 Å². The van der Waals surface area contributed by atoms with Crippen LogP contribution in [0.2, 0.25) is 0 Å². The second-order valence-corrected chi connectivity index (χ2v) is 3.06. The number of ether oxygens (including phenoxy) is 1. The number of rotatable bonds is 1. The first-order valence-corrected chi connectivity index (χ1v) is 4.01. The summed E-state index contributed by atoms with van der Waals surface area (Å²) in [6.07, 6.45) is 5.23. The molecule has 0 saturated carbocycles. The highest BCUT2D eigenvalue weighted by atomic mass is 16.5. The molecule has 0 fully saturated rings. The number of esters is 1. The first-order valence-electron chi connectivity index (χ1n) is 4.01. The predicted molar refractivity (Wildman–Crippen MR) is 43.2 cm³/mol. The Morgan fingerprint density at radius 1 is 1.73 bits per heavy atom. The zero-order valence-electron chi connectivity index (χ0n) is 7.09. The molecule has 2 nitrogen and oxygen atoms in total. The van der Waals surface area contributed by atoms with E-state index in [9.17, 15) is 4.79 Å². The molecule has 0 N–H and O–H groups in total. The topological polar surface area (TPSA) is 26.3 Å². The quantitative estimate of drug-likeness (QED) is 0.427. The van der Waals surface area contributed by atoms with Crippen molar-refractivity contribution in [2.45, 2.75) is 39.2 Å². The lowest BCUT2D eigenvalue weighted by molar-refractivity contribution is -0.146. The molecule has 0 aliphatic heterocycles. The maximum Gasteiger partial charge on any atom is 0.302 e. The van der Waals surface area contributed by atoms with Crippen LogP contribution in [-0.2, 0) is 9.53 Å². The van der Waals surface area contributed by atoms with Crippen LogP contribution in [0.3, 0.4) is 0 Å². The van der Waals surface area contributed by atoms with Gasteiger partial charge in [0.25, 0.3) is 0 Å². The van der Waals surface area contributed by atoms with Gasteiger partial charge in [0.15, 0.2) is 0 Å². The smallest absolute Gasteiger partial charge is 0.302 e. The Hall–Kier alpha value is -0.790. The minimum Gasteiger partial charge on any atom is -0.462 e. The maximum absolute atomic E-state index is 10.6. The van der Waals surface area contributed by atoms with Gasteiger partial charge >= 0.3 is 5.97 Å². The molecule has 1 atom stereocenters. The van der Waals surface area contributed by atoms with E-state index in [1.807, 2.05) is 0 Å².